The van der Waals surface area contributed by atoms with Gasteiger partial charge in [-0.25, -0.2) is 0 Å². The Labute approximate surface area is 80.5 Å². The predicted molar refractivity (Wildman–Crippen MR) is 43.8 cm³/mol. The summed E-state index contributed by atoms with van der Waals surface area (Å²) >= 11 is 0. The molecule has 1 saturated heterocycles. The SMILES string of the molecule is CC(=O)OC[C@@H]1C(=O)N[C@H]1OC(C)=O. The van der Waals surface area contributed by atoms with Crippen LogP contribution in [0.1, 0.15) is 13.8 Å². The van der Waals surface area contributed by atoms with Crippen molar-refractivity contribution in [1.82, 2.24) is 5.32 Å². The second-order valence-electron chi connectivity index (χ2n) is 2.95. The molecular weight excluding hydrogens is 190 g/mol. The van der Waals surface area contributed by atoms with Crippen molar-refractivity contribution in [3.05, 3.63) is 0 Å². The van der Waals surface area contributed by atoms with Gasteiger partial charge in [0.05, 0.1) is 0 Å². The van der Waals surface area contributed by atoms with Crippen LogP contribution in [-0.2, 0) is 23.9 Å². The second kappa shape index (κ2) is 4.08. The van der Waals surface area contributed by atoms with Crippen LogP contribution in [0.2, 0.25) is 0 Å². The van der Waals surface area contributed by atoms with E-state index in [1.165, 1.54) is 13.8 Å². The van der Waals surface area contributed by atoms with Gasteiger partial charge in [0, 0.05) is 13.8 Å². The number of hydrogen-bond donors (Lipinski definition) is 1. The van der Waals surface area contributed by atoms with Crippen molar-refractivity contribution in [2.75, 3.05) is 6.61 Å². The van der Waals surface area contributed by atoms with Crippen LogP contribution < -0.4 is 5.32 Å². The van der Waals surface area contributed by atoms with E-state index >= 15 is 0 Å². The largest absolute Gasteiger partial charge is 0.465 e. The van der Waals surface area contributed by atoms with Crippen LogP contribution in [0.3, 0.4) is 0 Å². The molecule has 0 aromatic rings. The summed E-state index contributed by atoms with van der Waals surface area (Å²) in [7, 11) is 0. The Morgan fingerprint density at radius 1 is 1.36 bits per heavy atom. The first kappa shape index (κ1) is 10.5. The van der Waals surface area contributed by atoms with E-state index in [1.54, 1.807) is 0 Å². The molecule has 1 aliphatic rings. The molecule has 1 amide bonds. The lowest BCUT2D eigenvalue weighted by atomic mass is 10.0. The van der Waals surface area contributed by atoms with Gasteiger partial charge in [-0.1, -0.05) is 0 Å². The predicted octanol–water partition coefficient (Wildman–Crippen LogP) is -0.815. The maximum Gasteiger partial charge on any atom is 0.304 e. The van der Waals surface area contributed by atoms with Crippen LogP contribution in [0.5, 0.6) is 0 Å². The zero-order chi connectivity index (χ0) is 10.7. The molecule has 6 heteroatoms. The van der Waals surface area contributed by atoms with Crippen molar-refractivity contribution < 1.29 is 23.9 Å². The summed E-state index contributed by atoms with van der Waals surface area (Å²) in [6.45, 7) is 2.43. The monoisotopic (exact) mass is 201 g/mol. The van der Waals surface area contributed by atoms with Crippen molar-refractivity contribution >= 4 is 17.8 Å². The number of amides is 1. The zero-order valence-corrected chi connectivity index (χ0v) is 7.90. The van der Waals surface area contributed by atoms with Gasteiger partial charge in [-0.05, 0) is 0 Å². The Hall–Kier alpha value is -1.59. The summed E-state index contributed by atoms with van der Waals surface area (Å²) in [5.74, 6) is -1.81. The van der Waals surface area contributed by atoms with E-state index in [2.05, 4.69) is 10.1 Å². The molecule has 1 heterocycles. The minimum absolute atomic E-state index is 0.0564. The molecule has 1 rings (SSSR count). The number of rotatable bonds is 3. The van der Waals surface area contributed by atoms with Gasteiger partial charge < -0.3 is 14.8 Å². The standard InChI is InChI=1S/C8H11NO5/c1-4(10)13-3-6-7(12)9-8(6)14-5(2)11/h6,8H,3H2,1-2H3,(H,9,12)/t6-,8+/m1/s1. The fourth-order valence-electron chi connectivity index (χ4n) is 1.05. The molecule has 1 aliphatic heterocycles. The van der Waals surface area contributed by atoms with Gasteiger partial charge in [-0.15, -0.1) is 0 Å². The molecule has 1 N–H and O–H groups in total. The highest BCUT2D eigenvalue weighted by Gasteiger charge is 2.42. The summed E-state index contributed by atoms with van der Waals surface area (Å²) in [6, 6.07) is 0. The Morgan fingerprint density at radius 3 is 2.43 bits per heavy atom. The Balaban J connectivity index is 2.37. The molecule has 0 bridgehead atoms. The van der Waals surface area contributed by atoms with E-state index < -0.39 is 24.1 Å². The molecule has 0 spiro atoms. The molecule has 0 aromatic carbocycles. The fourth-order valence-corrected chi connectivity index (χ4v) is 1.05. The highest BCUT2D eigenvalue weighted by molar-refractivity contribution is 5.86. The Bertz CT molecular complexity index is 275. The third-order valence-electron chi connectivity index (χ3n) is 1.75. The molecule has 0 unspecified atom stereocenters. The summed E-state index contributed by atoms with van der Waals surface area (Å²) in [6.07, 6.45) is -0.667. The molecular formula is C8H11NO5. The van der Waals surface area contributed by atoms with E-state index in [-0.39, 0.29) is 12.5 Å². The van der Waals surface area contributed by atoms with Crippen LogP contribution in [0.25, 0.3) is 0 Å². The maximum atomic E-state index is 10.9. The van der Waals surface area contributed by atoms with E-state index in [1.807, 2.05) is 0 Å². The smallest absolute Gasteiger partial charge is 0.304 e. The number of ether oxygens (including phenoxy) is 2. The second-order valence-corrected chi connectivity index (χ2v) is 2.95. The number of esters is 2. The third-order valence-corrected chi connectivity index (χ3v) is 1.75. The van der Waals surface area contributed by atoms with E-state index in [0.717, 1.165) is 0 Å². The Kier molecular flexibility index (Phi) is 3.06. The molecule has 6 nitrogen and oxygen atoms in total. The van der Waals surface area contributed by atoms with Crippen LogP contribution in [0, 0.1) is 5.92 Å². The Morgan fingerprint density at radius 2 is 2.00 bits per heavy atom. The maximum absolute atomic E-state index is 10.9. The molecule has 14 heavy (non-hydrogen) atoms. The minimum Gasteiger partial charge on any atom is -0.465 e. The summed E-state index contributed by atoms with van der Waals surface area (Å²) in [5, 5.41) is 2.37. The van der Waals surface area contributed by atoms with Crippen molar-refractivity contribution in [1.29, 1.82) is 0 Å². The molecule has 1 fully saturated rings. The average molecular weight is 201 g/mol. The van der Waals surface area contributed by atoms with Crippen molar-refractivity contribution in [2.24, 2.45) is 5.92 Å². The minimum atomic E-state index is -0.667. The molecule has 0 aromatic heterocycles. The summed E-state index contributed by atoms with van der Waals surface area (Å²) in [5.41, 5.74) is 0. The number of nitrogens with one attached hydrogen (secondary N) is 1. The highest BCUT2D eigenvalue weighted by atomic mass is 16.6. The van der Waals surface area contributed by atoms with Gasteiger partial charge in [0.15, 0.2) is 6.23 Å². The quantitative estimate of drug-likeness (QED) is 0.476. The average Bonchev–Trinajstić information content (AvgIpc) is 2.01. The van der Waals surface area contributed by atoms with E-state index in [0.29, 0.717) is 0 Å². The molecule has 0 radical (unpaired) electrons. The lowest BCUT2D eigenvalue weighted by Gasteiger charge is -2.34. The molecule has 0 aliphatic carbocycles. The lowest BCUT2D eigenvalue weighted by Crippen LogP contribution is -2.61. The highest BCUT2D eigenvalue weighted by Crippen LogP contribution is 2.16. The first-order valence-electron chi connectivity index (χ1n) is 4.11. The van der Waals surface area contributed by atoms with Crippen LogP contribution >= 0.6 is 0 Å². The van der Waals surface area contributed by atoms with Crippen LogP contribution in [-0.4, -0.2) is 30.7 Å². The summed E-state index contributed by atoms with van der Waals surface area (Å²) < 4.78 is 9.38. The lowest BCUT2D eigenvalue weighted by molar-refractivity contribution is -0.172. The number of carbonyl (C=O) groups is 3. The van der Waals surface area contributed by atoms with Crippen molar-refractivity contribution in [2.45, 2.75) is 20.1 Å². The van der Waals surface area contributed by atoms with Gasteiger partial charge in [-0.2, -0.15) is 0 Å². The van der Waals surface area contributed by atoms with Crippen molar-refractivity contribution in [3.63, 3.8) is 0 Å². The number of carbonyl (C=O) groups excluding carboxylic acids is 3. The molecule has 2 atom stereocenters. The summed E-state index contributed by atoms with van der Waals surface area (Å²) in [4.78, 5) is 32.0. The number of β-lactam (4-membered cyclic amide) rings is 1. The van der Waals surface area contributed by atoms with Gasteiger partial charge in [0.25, 0.3) is 0 Å². The van der Waals surface area contributed by atoms with E-state index in [4.69, 9.17) is 4.74 Å². The fraction of sp³-hybridized carbons (Fsp3) is 0.625. The first-order chi connectivity index (χ1) is 6.50. The molecule has 78 valence electrons. The first-order valence-corrected chi connectivity index (χ1v) is 4.11. The topological polar surface area (TPSA) is 81.7 Å². The molecule has 0 saturated carbocycles. The van der Waals surface area contributed by atoms with Gasteiger partial charge in [0.2, 0.25) is 5.91 Å². The van der Waals surface area contributed by atoms with Crippen LogP contribution in [0.4, 0.5) is 0 Å². The van der Waals surface area contributed by atoms with Gasteiger partial charge in [0.1, 0.15) is 12.5 Å². The number of hydrogen-bond acceptors (Lipinski definition) is 5. The van der Waals surface area contributed by atoms with E-state index in [9.17, 15) is 14.4 Å². The van der Waals surface area contributed by atoms with Crippen molar-refractivity contribution in [3.8, 4) is 0 Å². The van der Waals surface area contributed by atoms with Gasteiger partial charge >= 0.3 is 11.9 Å². The normalized spacial score (nSPS) is 24.6. The van der Waals surface area contributed by atoms with Gasteiger partial charge in [-0.3, -0.25) is 14.4 Å². The van der Waals surface area contributed by atoms with Crippen LogP contribution in [0.15, 0.2) is 0 Å². The third kappa shape index (κ3) is 2.45. The zero-order valence-electron chi connectivity index (χ0n) is 7.90.